The van der Waals surface area contributed by atoms with Gasteiger partial charge >= 0.3 is 5.97 Å². The smallest absolute Gasteiger partial charge is 0.328 e. The molecule has 0 aromatic carbocycles. The van der Waals surface area contributed by atoms with Crippen LogP contribution in [0.25, 0.3) is 6.08 Å². The molecule has 4 nitrogen and oxygen atoms in total. The maximum absolute atomic E-state index is 10.4. The number of carboxylic acid groups (broad SMARTS) is 1. The Bertz CT molecular complexity index is 554. The highest BCUT2D eigenvalue weighted by Gasteiger charge is 2.01. The number of hydrogen-bond acceptors (Lipinski definition) is 3. The Hall–Kier alpha value is -1.88. The third-order valence-electron chi connectivity index (χ3n) is 2.34. The quantitative estimate of drug-likeness (QED) is 0.845. The Morgan fingerprint density at radius 3 is 3.12 bits per heavy atom. The molecule has 0 bridgehead atoms. The number of carboxylic acids is 1. The topological polar surface area (TPSA) is 55.1 Å². The predicted molar refractivity (Wildman–Crippen MR) is 67.1 cm³/mol. The molecule has 0 aliphatic rings. The van der Waals surface area contributed by atoms with Crippen molar-refractivity contribution in [1.82, 2.24) is 9.55 Å². The van der Waals surface area contributed by atoms with Crippen molar-refractivity contribution in [3.05, 3.63) is 46.2 Å². The zero-order valence-electron chi connectivity index (χ0n) is 9.33. The zero-order valence-corrected chi connectivity index (χ0v) is 10.1. The molecule has 2 aromatic rings. The SMILES string of the molecule is Cc1nccn1Cc1cc(C=CC(=O)O)cs1. The summed E-state index contributed by atoms with van der Waals surface area (Å²) in [4.78, 5) is 15.7. The fourth-order valence-corrected chi connectivity index (χ4v) is 2.33. The lowest BCUT2D eigenvalue weighted by atomic mass is 10.3. The lowest BCUT2D eigenvalue weighted by Gasteiger charge is -2.01. The minimum Gasteiger partial charge on any atom is -0.478 e. The Balaban J connectivity index is 2.09. The maximum Gasteiger partial charge on any atom is 0.328 e. The number of aryl methyl sites for hydroxylation is 1. The van der Waals surface area contributed by atoms with E-state index in [-0.39, 0.29) is 0 Å². The molecule has 5 heteroatoms. The molecule has 2 aromatic heterocycles. The molecule has 0 atom stereocenters. The summed E-state index contributed by atoms with van der Waals surface area (Å²) in [6.45, 7) is 2.73. The van der Waals surface area contributed by atoms with Gasteiger partial charge in [-0.15, -0.1) is 11.3 Å². The number of aromatic nitrogens is 2. The van der Waals surface area contributed by atoms with E-state index in [9.17, 15) is 4.79 Å². The van der Waals surface area contributed by atoms with Crippen LogP contribution in [0.1, 0.15) is 16.3 Å². The Morgan fingerprint density at radius 1 is 1.65 bits per heavy atom. The third-order valence-corrected chi connectivity index (χ3v) is 3.28. The van der Waals surface area contributed by atoms with Crippen LogP contribution in [-0.4, -0.2) is 20.6 Å². The molecular weight excluding hydrogens is 236 g/mol. The van der Waals surface area contributed by atoms with E-state index in [4.69, 9.17) is 5.11 Å². The number of hydrogen-bond donors (Lipinski definition) is 1. The molecule has 17 heavy (non-hydrogen) atoms. The highest BCUT2D eigenvalue weighted by molar-refractivity contribution is 7.10. The molecule has 0 spiro atoms. The summed E-state index contributed by atoms with van der Waals surface area (Å²) in [5, 5.41) is 10.5. The second-order valence-corrected chi connectivity index (χ2v) is 4.62. The second kappa shape index (κ2) is 4.97. The Morgan fingerprint density at radius 2 is 2.47 bits per heavy atom. The van der Waals surface area contributed by atoms with Gasteiger partial charge < -0.3 is 9.67 Å². The van der Waals surface area contributed by atoms with E-state index in [1.807, 2.05) is 24.6 Å². The monoisotopic (exact) mass is 248 g/mol. The molecule has 2 heterocycles. The van der Waals surface area contributed by atoms with Crippen LogP contribution in [0.4, 0.5) is 0 Å². The van der Waals surface area contributed by atoms with Crippen molar-refractivity contribution in [2.75, 3.05) is 0 Å². The maximum atomic E-state index is 10.4. The summed E-state index contributed by atoms with van der Waals surface area (Å²) in [5.74, 6) is 0.0456. The first-order chi connectivity index (χ1) is 8.15. The highest BCUT2D eigenvalue weighted by Crippen LogP contribution is 2.17. The van der Waals surface area contributed by atoms with E-state index in [1.54, 1.807) is 23.6 Å². The summed E-state index contributed by atoms with van der Waals surface area (Å²) >= 11 is 1.62. The summed E-state index contributed by atoms with van der Waals surface area (Å²) in [6, 6.07) is 1.99. The predicted octanol–water partition coefficient (Wildman–Crippen LogP) is 2.40. The first-order valence-electron chi connectivity index (χ1n) is 5.11. The Kier molecular flexibility index (Phi) is 3.39. The molecule has 0 unspecified atom stereocenters. The number of rotatable bonds is 4. The molecule has 0 saturated carbocycles. The van der Waals surface area contributed by atoms with Crippen LogP contribution in [0.2, 0.25) is 0 Å². The van der Waals surface area contributed by atoms with Crippen LogP contribution >= 0.6 is 11.3 Å². The van der Waals surface area contributed by atoms with E-state index in [2.05, 4.69) is 9.55 Å². The van der Waals surface area contributed by atoms with Crippen molar-refractivity contribution in [3.8, 4) is 0 Å². The summed E-state index contributed by atoms with van der Waals surface area (Å²) in [6.07, 6.45) is 6.45. The van der Waals surface area contributed by atoms with Crippen LogP contribution in [0, 0.1) is 6.92 Å². The zero-order chi connectivity index (χ0) is 12.3. The van der Waals surface area contributed by atoms with Gasteiger partial charge in [-0.25, -0.2) is 9.78 Å². The van der Waals surface area contributed by atoms with Crippen molar-refractivity contribution in [3.63, 3.8) is 0 Å². The van der Waals surface area contributed by atoms with Gasteiger partial charge in [0.05, 0.1) is 6.54 Å². The fourth-order valence-electron chi connectivity index (χ4n) is 1.47. The molecule has 1 N–H and O–H groups in total. The van der Waals surface area contributed by atoms with Crippen LogP contribution in [0.15, 0.2) is 29.9 Å². The van der Waals surface area contributed by atoms with Crippen LogP contribution < -0.4 is 0 Å². The van der Waals surface area contributed by atoms with Crippen LogP contribution in [-0.2, 0) is 11.3 Å². The first-order valence-corrected chi connectivity index (χ1v) is 5.99. The first kappa shape index (κ1) is 11.6. The highest BCUT2D eigenvalue weighted by atomic mass is 32.1. The van der Waals surface area contributed by atoms with Gasteiger partial charge in [0.1, 0.15) is 5.82 Å². The molecule has 0 fully saturated rings. The molecule has 0 amide bonds. The molecule has 0 saturated heterocycles. The average molecular weight is 248 g/mol. The van der Waals surface area contributed by atoms with Gasteiger partial charge in [0.25, 0.3) is 0 Å². The summed E-state index contributed by atoms with van der Waals surface area (Å²) < 4.78 is 2.05. The number of aliphatic carboxylic acids is 1. The van der Waals surface area contributed by atoms with E-state index in [1.165, 1.54) is 4.88 Å². The lowest BCUT2D eigenvalue weighted by molar-refractivity contribution is -0.131. The number of imidazole rings is 1. The van der Waals surface area contributed by atoms with Crippen molar-refractivity contribution < 1.29 is 9.90 Å². The van der Waals surface area contributed by atoms with Gasteiger partial charge in [0.2, 0.25) is 0 Å². The van der Waals surface area contributed by atoms with Crippen molar-refractivity contribution in [1.29, 1.82) is 0 Å². The van der Waals surface area contributed by atoms with Crippen molar-refractivity contribution in [2.45, 2.75) is 13.5 Å². The minimum atomic E-state index is -0.928. The van der Waals surface area contributed by atoms with Crippen LogP contribution in [0.5, 0.6) is 0 Å². The Labute approximate surface area is 103 Å². The second-order valence-electron chi connectivity index (χ2n) is 3.62. The van der Waals surface area contributed by atoms with E-state index < -0.39 is 5.97 Å². The van der Waals surface area contributed by atoms with E-state index >= 15 is 0 Å². The van der Waals surface area contributed by atoms with Gasteiger partial charge in [0, 0.05) is 23.3 Å². The normalized spacial score (nSPS) is 11.1. The number of nitrogens with zero attached hydrogens (tertiary/aromatic N) is 2. The fraction of sp³-hybridized carbons (Fsp3) is 0.167. The minimum absolute atomic E-state index is 0.775. The number of carbonyl (C=O) groups is 1. The van der Waals surface area contributed by atoms with Crippen molar-refractivity contribution in [2.24, 2.45) is 0 Å². The lowest BCUT2D eigenvalue weighted by Crippen LogP contribution is -1.98. The van der Waals surface area contributed by atoms with E-state index in [0.29, 0.717) is 0 Å². The summed E-state index contributed by atoms with van der Waals surface area (Å²) in [5.41, 5.74) is 0.921. The third kappa shape index (κ3) is 3.04. The van der Waals surface area contributed by atoms with Gasteiger partial charge in [-0.3, -0.25) is 0 Å². The largest absolute Gasteiger partial charge is 0.478 e. The molecule has 88 valence electrons. The van der Waals surface area contributed by atoms with Crippen molar-refractivity contribution >= 4 is 23.4 Å². The summed E-state index contributed by atoms with van der Waals surface area (Å²) in [7, 11) is 0. The van der Waals surface area contributed by atoms with Crippen LogP contribution in [0.3, 0.4) is 0 Å². The average Bonchev–Trinajstić information content (AvgIpc) is 2.87. The molecule has 0 aliphatic carbocycles. The number of thiophene rings is 1. The van der Waals surface area contributed by atoms with E-state index in [0.717, 1.165) is 24.0 Å². The van der Waals surface area contributed by atoms with Gasteiger partial charge in [-0.1, -0.05) is 0 Å². The van der Waals surface area contributed by atoms with Gasteiger partial charge in [-0.05, 0) is 30.0 Å². The standard InChI is InChI=1S/C12H12N2O2S/c1-9-13-4-5-14(9)7-11-6-10(8-17-11)2-3-12(15)16/h2-6,8H,7H2,1H3,(H,15,16). The molecule has 0 aliphatic heterocycles. The molecule has 2 rings (SSSR count). The molecule has 0 radical (unpaired) electrons. The molecular formula is C12H12N2O2S. The van der Waals surface area contributed by atoms with Gasteiger partial charge in [-0.2, -0.15) is 0 Å². The van der Waals surface area contributed by atoms with Gasteiger partial charge in [0.15, 0.2) is 0 Å².